The van der Waals surface area contributed by atoms with Crippen LogP contribution in [0.2, 0.25) is 0 Å². The smallest absolute Gasteiger partial charge is 0.0587 e. The fourth-order valence-corrected chi connectivity index (χ4v) is 3.14. The van der Waals surface area contributed by atoms with E-state index in [-0.39, 0.29) is 0 Å². The molecule has 1 fully saturated rings. The van der Waals surface area contributed by atoms with Crippen LogP contribution in [-0.2, 0) is 11.3 Å². The molecule has 3 nitrogen and oxygen atoms in total. The van der Waals surface area contributed by atoms with Crippen molar-refractivity contribution in [3.05, 3.63) is 28.2 Å². The van der Waals surface area contributed by atoms with Gasteiger partial charge in [0.2, 0.25) is 0 Å². The number of halogens is 1. The number of anilines is 1. The maximum atomic E-state index is 5.08. The van der Waals surface area contributed by atoms with Crippen molar-refractivity contribution < 1.29 is 4.74 Å². The Labute approximate surface area is 130 Å². The summed E-state index contributed by atoms with van der Waals surface area (Å²) >= 11 is 3.60. The molecule has 2 rings (SSSR count). The van der Waals surface area contributed by atoms with Gasteiger partial charge in [0.25, 0.3) is 0 Å². The molecule has 0 saturated carbocycles. The van der Waals surface area contributed by atoms with Gasteiger partial charge in [-0.15, -0.1) is 0 Å². The van der Waals surface area contributed by atoms with Gasteiger partial charge in [0.1, 0.15) is 0 Å². The van der Waals surface area contributed by atoms with Crippen LogP contribution >= 0.6 is 15.9 Å². The average Bonchev–Trinajstić information content (AvgIpc) is 2.45. The highest BCUT2D eigenvalue weighted by Crippen LogP contribution is 2.29. The molecule has 1 atom stereocenters. The summed E-state index contributed by atoms with van der Waals surface area (Å²) in [6, 6.07) is 6.61. The molecule has 1 unspecified atom stereocenters. The van der Waals surface area contributed by atoms with E-state index in [1.807, 2.05) is 0 Å². The summed E-state index contributed by atoms with van der Waals surface area (Å²) in [7, 11) is 1.74. The van der Waals surface area contributed by atoms with Gasteiger partial charge in [-0.1, -0.05) is 28.9 Å². The molecule has 0 radical (unpaired) electrons. The minimum atomic E-state index is 0.757. The molecule has 1 aromatic rings. The van der Waals surface area contributed by atoms with Crippen LogP contribution in [0, 0.1) is 5.92 Å². The molecule has 1 aliphatic rings. The zero-order valence-corrected chi connectivity index (χ0v) is 14.1. The number of ether oxygens (including phenoxy) is 1. The molecule has 112 valence electrons. The lowest BCUT2D eigenvalue weighted by Gasteiger charge is -2.34. The molecule has 0 bridgehead atoms. The molecule has 1 saturated heterocycles. The largest absolute Gasteiger partial charge is 0.383 e. The van der Waals surface area contributed by atoms with Crippen molar-refractivity contribution in [1.82, 2.24) is 5.32 Å². The monoisotopic (exact) mass is 340 g/mol. The zero-order chi connectivity index (χ0) is 14.4. The van der Waals surface area contributed by atoms with Crippen molar-refractivity contribution in [2.45, 2.75) is 26.3 Å². The molecule has 1 aliphatic heterocycles. The van der Waals surface area contributed by atoms with Gasteiger partial charge in [0, 0.05) is 43.4 Å². The van der Waals surface area contributed by atoms with Crippen molar-refractivity contribution in [2.75, 3.05) is 38.3 Å². The Morgan fingerprint density at radius 1 is 1.45 bits per heavy atom. The first-order valence-electron chi connectivity index (χ1n) is 7.43. The topological polar surface area (TPSA) is 24.5 Å². The molecule has 0 aromatic heterocycles. The van der Waals surface area contributed by atoms with Crippen LogP contribution in [0.3, 0.4) is 0 Å². The van der Waals surface area contributed by atoms with Crippen LogP contribution in [0.4, 0.5) is 5.69 Å². The Bertz CT molecular complexity index is 425. The third-order valence-electron chi connectivity index (χ3n) is 3.84. The van der Waals surface area contributed by atoms with E-state index in [2.05, 4.69) is 51.3 Å². The predicted molar refractivity (Wildman–Crippen MR) is 88.3 cm³/mol. The van der Waals surface area contributed by atoms with Gasteiger partial charge in [-0.2, -0.15) is 0 Å². The van der Waals surface area contributed by atoms with Gasteiger partial charge in [0.05, 0.1) is 6.61 Å². The highest BCUT2D eigenvalue weighted by Gasteiger charge is 2.19. The summed E-state index contributed by atoms with van der Waals surface area (Å²) in [5.41, 5.74) is 2.74. The summed E-state index contributed by atoms with van der Waals surface area (Å²) in [6.45, 7) is 7.24. The SMILES string of the molecule is COCCNCc1ccc(Br)cc1N1CCCC(C)C1. The Balaban J connectivity index is 2.06. The summed E-state index contributed by atoms with van der Waals surface area (Å²) in [5.74, 6) is 0.789. The molecule has 1 heterocycles. The number of nitrogens with zero attached hydrogens (tertiary/aromatic N) is 1. The van der Waals surface area contributed by atoms with E-state index >= 15 is 0 Å². The second-order valence-corrected chi connectivity index (χ2v) is 6.55. The molecular weight excluding hydrogens is 316 g/mol. The van der Waals surface area contributed by atoms with Crippen molar-refractivity contribution in [1.29, 1.82) is 0 Å². The van der Waals surface area contributed by atoms with E-state index in [4.69, 9.17) is 4.74 Å². The van der Waals surface area contributed by atoms with Crippen molar-refractivity contribution in [3.8, 4) is 0 Å². The second-order valence-electron chi connectivity index (χ2n) is 5.64. The van der Waals surface area contributed by atoms with E-state index in [0.717, 1.165) is 30.1 Å². The minimum Gasteiger partial charge on any atom is -0.383 e. The predicted octanol–water partition coefficient (Wildman–Crippen LogP) is 3.42. The maximum absolute atomic E-state index is 5.08. The van der Waals surface area contributed by atoms with Crippen LogP contribution in [0.15, 0.2) is 22.7 Å². The van der Waals surface area contributed by atoms with E-state index in [0.29, 0.717) is 0 Å². The lowest BCUT2D eigenvalue weighted by atomic mass is 9.99. The minimum absolute atomic E-state index is 0.757. The molecule has 4 heteroatoms. The fourth-order valence-electron chi connectivity index (χ4n) is 2.79. The summed E-state index contributed by atoms with van der Waals surface area (Å²) < 4.78 is 6.24. The maximum Gasteiger partial charge on any atom is 0.0587 e. The van der Waals surface area contributed by atoms with Gasteiger partial charge < -0.3 is 15.0 Å². The Hall–Kier alpha value is -0.580. The fraction of sp³-hybridized carbons (Fsp3) is 0.625. The van der Waals surface area contributed by atoms with Crippen molar-refractivity contribution in [3.63, 3.8) is 0 Å². The number of nitrogens with one attached hydrogen (secondary N) is 1. The number of piperidine rings is 1. The van der Waals surface area contributed by atoms with Gasteiger partial charge in [0.15, 0.2) is 0 Å². The molecule has 0 amide bonds. The molecule has 0 aliphatic carbocycles. The van der Waals surface area contributed by atoms with Crippen LogP contribution in [0.5, 0.6) is 0 Å². The molecule has 1 N–H and O–H groups in total. The van der Waals surface area contributed by atoms with Gasteiger partial charge in [-0.05, 0) is 36.5 Å². The second kappa shape index (κ2) is 8.01. The first-order chi connectivity index (χ1) is 9.70. The Morgan fingerprint density at radius 3 is 3.05 bits per heavy atom. The summed E-state index contributed by atoms with van der Waals surface area (Å²) in [4.78, 5) is 2.53. The first-order valence-corrected chi connectivity index (χ1v) is 8.23. The van der Waals surface area contributed by atoms with Crippen LogP contribution in [-0.4, -0.2) is 33.4 Å². The van der Waals surface area contributed by atoms with Crippen LogP contribution < -0.4 is 10.2 Å². The number of hydrogen-bond donors (Lipinski definition) is 1. The van der Waals surface area contributed by atoms with Crippen molar-refractivity contribution in [2.24, 2.45) is 5.92 Å². The molecule has 0 spiro atoms. The van der Waals surface area contributed by atoms with E-state index in [9.17, 15) is 0 Å². The Morgan fingerprint density at radius 2 is 2.30 bits per heavy atom. The highest BCUT2D eigenvalue weighted by molar-refractivity contribution is 9.10. The molecule has 1 aromatic carbocycles. The third-order valence-corrected chi connectivity index (χ3v) is 4.34. The van der Waals surface area contributed by atoms with Gasteiger partial charge >= 0.3 is 0 Å². The quantitative estimate of drug-likeness (QED) is 0.803. The van der Waals surface area contributed by atoms with E-state index in [1.165, 1.54) is 37.2 Å². The third kappa shape index (κ3) is 4.47. The number of hydrogen-bond acceptors (Lipinski definition) is 3. The molecule has 20 heavy (non-hydrogen) atoms. The van der Waals surface area contributed by atoms with E-state index in [1.54, 1.807) is 7.11 Å². The van der Waals surface area contributed by atoms with E-state index < -0.39 is 0 Å². The highest BCUT2D eigenvalue weighted by atomic mass is 79.9. The number of benzene rings is 1. The summed E-state index contributed by atoms with van der Waals surface area (Å²) in [6.07, 6.45) is 2.65. The lowest BCUT2D eigenvalue weighted by Crippen LogP contribution is -2.35. The standard InChI is InChI=1S/C16H25BrN2O/c1-13-4-3-8-19(12-13)16-10-15(17)6-5-14(16)11-18-7-9-20-2/h5-6,10,13,18H,3-4,7-9,11-12H2,1-2H3. The number of rotatable bonds is 6. The van der Waals surface area contributed by atoms with Gasteiger partial charge in [-0.25, -0.2) is 0 Å². The first kappa shape index (κ1) is 15.8. The van der Waals surface area contributed by atoms with Crippen LogP contribution in [0.25, 0.3) is 0 Å². The van der Waals surface area contributed by atoms with Gasteiger partial charge in [-0.3, -0.25) is 0 Å². The normalized spacial score (nSPS) is 19.4. The number of methoxy groups -OCH3 is 1. The summed E-state index contributed by atoms with van der Waals surface area (Å²) in [5, 5.41) is 3.45. The average molecular weight is 341 g/mol. The molecular formula is C16H25BrN2O. The Kier molecular flexibility index (Phi) is 6.33. The lowest BCUT2D eigenvalue weighted by molar-refractivity contribution is 0.199. The van der Waals surface area contributed by atoms with Crippen molar-refractivity contribution >= 4 is 21.6 Å². The zero-order valence-electron chi connectivity index (χ0n) is 12.5. The van der Waals surface area contributed by atoms with Crippen LogP contribution in [0.1, 0.15) is 25.3 Å².